The molecule has 1 heteroatoms. The molecule has 0 heterocycles. The largest absolute Gasteiger partial charge is 0.412 e. The van der Waals surface area contributed by atoms with Crippen LogP contribution in [0.1, 0.15) is 12.0 Å². The summed E-state index contributed by atoms with van der Waals surface area (Å²) in [4.78, 5) is 0. The first-order chi connectivity index (χ1) is 5.93. The van der Waals surface area contributed by atoms with Gasteiger partial charge in [-0.3, -0.25) is 0 Å². The molecule has 0 aromatic heterocycles. The van der Waals surface area contributed by atoms with E-state index in [1.54, 1.807) is 0 Å². The summed E-state index contributed by atoms with van der Waals surface area (Å²) in [5.74, 6) is 0. The Kier molecular flexibility index (Phi) is 6.56. The Morgan fingerprint density at radius 1 is 1.15 bits per heavy atom. The molecule has 13 heavy (non-hydrogen) atoms. The first-order valence-corrected chi connectivity index (χ1v) is 4.25. The van der Waals surface area contributed by atoms with Crippen molar-refractivity contribution in [1.82, 2.24) is 0 Å². The van der Waals surface area contributed by atoms with E-state index in [2.05, 4.69) is 36.9 Å². The third-order valence-corrected chi connectivity index (χ3v) is 1.71. The number of hydrogen-bond acceptors (Lipinski definition) is 0. The zero-order valence-corrected chi connectivity index (χ0v) is 7.74. The van der Waals surface area contributed by atoms with E-state index in [1.165, 1.54) is 5.56 Å². The van der Waals surface area contributed by atoms with Crippen molar-refractivity contribution in [2.24, 2.45) is 0 Å². The van der Waals surface area contributed by atoms with Gasteiger partial charge in [0.1, 0.15) is 0 Å². The molecular formula is C12H16O. The van der Waals surface area contributed by atoms with Crippen molar-refractivity contribution in [3.8, 4) is 0 Å². The van der Waals surface area contributed by atoms with Gasteiger partial charge >= 0.3 is 0 Å². The third-order valence-electron chi connectivity index (χ3n) is 1.71. The van der Waals surface area contributed by atoms with Crippen molar-refractivity contribution in [2.45, 2.75) is 12.8 Å². The zero-order valence-electron chi connectivity index (χ0n) is 7.74. The van der Waals surface area contributed by atoms with Crippen molar-refractivity contribution in [3.63, 3.8) is 0 Å². The number of rotatable bonds is 4. The maximum atomic E-state index is 3.62. The summed E-state index contributed by atoms with van der Waals surface area (Å²) in [5, 5.41) is 0. The Bertz CT molecular complexity index is 249. The Morgan fingerprint density at radius 3 is 2.46 bits per heavy atom. The topological polar surface area (TPSA) is 31.5 Å². The van der Waals surface area contributed by atoms with Crippen molar-refractivity contribution in [1.29, 1.82) is 0 Å². The highest BCUT2D eigenvalue weighted by molar-refractivity contribution is 5.15. The maximum absolute atomic E-state index is 3.62. The van der Waals surface area contributed by atoms with Gasteiger partial charge in [-0.15, -0.1) is 0 Å². The fraction of sp³-hybridized carbons (Fsp3) is 0.167. The molecule has 0 aliphatic rings. The second-order valence-electron chi connectivity index (χ2n) is 2.69. The van der Waals surface area contributed by atoms with E-state index in [9.17, 15) is 0 Å². The van der Waals surface area contributed by atoms with Gasteiger partial charge in [0.15, 0.2) is 0 Å². The molecule has 0 spiro atoms. The molecule has 0 aliphatic heterocycles. The number of hydrogen-bond donors (Lipinski definition) is 0. The van der Waals surface area contributed by atoms with Crippen LogP contribution in [0.5, 0.6) is 0 Å². The molecule has 0 amide bonds. The van der Waals surface area contributed by atoms with Gasteiger partial charge < -0.3 is 5.48 Å². The van der Waals surface area contributed by atoms with Crippen molar-refractivity contribution in [2.75, 3.05) is 0 Å². The molecule has 0 saturated heterocycles. The minimum Gasteiger partial charge on any atom is -0.412 e. The highest BCUT2D eigenvalue weighted by Gasteiger charge is 1.86. The zero-order chi connectivity index (χ0) is 8.65. The summed E-state index contributed by atoms with van der Waals surface area (Å²) in [6, 6.07) is 10.5. The highest BCUT2D eigenvalue weighted by Crippen LogP contribution is 2.02. The molecule has 0 fully saturated rings. The van der Waals surface area contributed by atoms with E-state index in [0.29, 0.717) is 0 Å². The molecular weight excluding hydrogens is 160 g/mol. The fourth-order valence-corrected chi connectivity index (χ4v) is 1.09. The summed E-state index contributed by atoms with van der Waals surface area (Å²) in [6.45, 7) is 3.62. The van der Waals surface area contributed by atoms with Crippen molar-refractivity contribution >= 4 is 0 Å². The lowest BCUT2D eigenvalue weighted by molar-refractivity contribution is 0.824. The van der Waals surface area contributed by atoms with Crippen LogP contribution in [0.25, 0.3) is 0 Å². The molecule has 0 radical (unpaired) electrons. The van der Waals surface area contributed by atoms with E-state index < -0.39 is 0 Å². The molecule has 1 nitrogen and oxygen atoms in total. The molecule has 1 aromatic rings. The van der Waals surface area contributed by atoms with Gasteiger partial charge in [-0.1, -0.05) is 55.1 Å². The van der Waals surface area contributed by atoms with Crippen LogP contribution in [-0.2, 0) is 6.42 Å². The third kappa shape index (κ3) is 4.99. The molecule has 0 atom stereocenters. The average molecular weight is 176 g/mol. The monoisotopic (exact) mass is 176 g/mol. The second-order valence-corrected chi connectivity index (χ2v) is 2.69. The van der Waals surface area contributed by atoms with Crippen LogP contribution in [0.15, 0.2) is 55.1 Å². The van der Waals surface area contributed by atoms with Gasteiger partial charge in [-0.2, -0.15) is 0 Å². The fourth-order valence-electron chi connectivity index (χ4n) is 1.09. The Hall–Kier alpha value is -1.34. The molecule has 0 unspecified atom stereocenters. The van der Waals surface area contributed by atoms with Crippen LogP contribution in [0, 0.1) is 0 Å². The van der Waals surface area contributed by atoms with Crippen molar-refractivity contribution in [3.05, 3.63) is 60.7 Å². The normalized spacial score (nSPS) is 9.54. The van der Waals surface area contributed by atoms with Crippen LogP contribution < -0.4 is 0 Å². The van der Waals surface area contributed by atoms with Crippen LogP contribution in [0.4, 0.5) is 0 Å². The Labute approximate surface area is 79.7 Å². The lowest BCUT2D eigenvalue weighted by Gasteiger charge is -1.95. The molecule has 0 aliphatic carbocycles. The molecule has 0 bridgehead atoms. The number of allylic oxidation sites excluding steroid dienone is 3. The molecule has 0 saturated carbocycles. The van der Waals surface area contributed by atoms with Gasteiger partial charge in [-0.05, 0) is 18.4 Å². The molecule has 1 aromatic carbocycles. The predicted octanol–water partition coefficient (Wildman–Crippen LogP) is 2.54. The minimum absolute atomic E-state index is 0. The molecule has 1 rings (SSSR count). The Morgan fingerprint density at radius 2 is 1.85 bits per heavy atom. The van der Waals surface area contributed by atoms with Gasteiger partial charge in [0.25, 0.3) is 0 Å². The van der Waals surface area contributed by atoms with Crippen LogP contribution in [0.2, 0.25) is 0 Å². The quantitative estimate of drug-likeness (QED) is 0.631. The number of benzene rings is 1. The number of aryl methyl sites for hydroxylation is 1. The summed E-state index contributed by atoms with van der Waals surface area (Å²) in [5.41, 5.74) is 1.39. The van der Waals surface area contributed by atoms with Gasteiger partial charge in [0.2, 0.25) is 0 Å². The summed E-state index contributed by atoms with van der Waals surface area (Å²) in [6.07, 6.45) is 8.15. The lowest BCUT2D eigenvalue weighted by Crippen LogP contribution is -1.80. The van der Waals surface area contributed by atoms with E-state index >= 15 is 0 Å². The van der Waals surface area contributed by atoms with Gasteiger partial charge in [0, 0.05) is 0 Å². The SMILES string of the molecule is C=CC=CCCc1ccccc1.O. The van der Waals surface area contributed by atoms with Crippen LogP contribution in [0.3, 0.4) is 0 Å². The highest BCUT2D eigenvalue weighted by atomic mass is 16.0. The first-order valence-electron chi connectivity index (χ1n) is 4.25. The van der Waals surface area contributed by atoms with E-state index in [1.807, 2.05) is 18.2 Å². The average Bonchev–Trinajstić information content (AvgIpc) is 2.14. The minimum atomic E-state index is 0. The summed E-state index contributed by atoms with van der Waals surface area (Å²) < 4.78 is 0. The van der Waals surface area contributed by atoms with E-state index in [4.69, 9.17) is 0 Å². The molecule has 70 valence electrons. The first kappa shape index (κ1) is 11.7. The maximum Gasteiger partial charge on any atom is -0.0244 e. The summed E-state index contributed by atoms with van der Waals surface area (Å²) >= 11 is 0. The molecule has 2 N–H and O–H groups in total. The standard InChI is InChI=1S/C12H14.H2O/c1-2-3-4-6-9-12-10-7-5-8-11-12;/h2-5,7-8,10-11H,1,6,9H2;1H2. The van der Waals surface area contributed by atoms with E-state index in [0.717, 1.165) is 12.8 Å². The van der Waals surface area contributed by atoms with Crippen molar-refractivity contribution < 1.29 is 5.48 Å². The summed E-state index contributed by atoms with van der Waals surface area (Å²) in [7, 11) is 0. The van der Waals surface area contributed by atoms with Crippen LogP contribution >= 0.6 is 0 Å². The van der Waals surface area contributed by atoms with E-state index in [-0.39, 0.29) is 5.48 Å². The second kappa shape index (κ2) is 7.32. The lowest BCUT2D eigenvalue weighted by atomic mass is 10.1. The van der Waals surface area contributed by atoms with Gasteiger partial charge in [-0.25, -0.2) is 0 Å². The van der Waals surface area contributed by atoms with Gasteiger partial charge in [0.05, 0.1) is 0 Å². The smallest absolute Gasteiger partial charge is 0.0244 e. The van der Waals surface area contributed by atoms with Crippen LogP contribution in [-0.4, -0.2) is 5.48 Å². The Balaban J connectivity index is 0.00000144. The predicted molar refractivity (Wildman–Crippen MR) is 57.7 cm³/mol.